The molecular weight excluding hydrogens is 306 g/mol. The second kappa shape index (κ2) is 5.54. The summed E-state index contributed by atoms with van der Waals surface area (Å²) in [5, 5.41) is 10.7. The van der Waals surface area contributed by atoms with Crippen molar-refractivity contribution in [1.29, 1.82) is 0 Å². The average molecular weight is 317 g/mol. The second-order valence-corrected chi connectivity index (χ2v) is 5.22. The van der Waals surface area contributed by atoms with Crippen LogP contribution in [0.1, 0.15) is 0 Å². The Morgan fingerprint density at radius 3 is 2.46 bits per heavy atom. The number of aromatic nitrogens is 4. The van der Waals surface area contributed by atoms with Gasteiger partial charge in [0.15, 0.2) is 0 Å². The van der Waals surface area contributed by atoms with Crippen LogP contribution in [0.3, 0.4) is 0 Å². The van der Waals surface area contributed by atoms with Gasteiger partial charge in [-0.15, -0.1) is 0 Å². The van der Waals surface area contributed by atoms with E-state index in [0.717, 1.165) is 33.5 Å². The number of nitrogens with one attached hydrogen (secondary N) is 1. The normalized spacial score (nSPS) is 10.8. The minimum Gasteiger partial charge on any atom is -0.358 e. The SMILES string of the molecule is O=[N+]([O-])c1ccc(-c2ccc3nc(-c4ccncc4)[nH]c3c2)cn1. The molecule has 0 unspecified atom stereocenters. The molecule has 116 valence electrons. The van der Waals surface area contributed by atoms with Crippen molar-refractivity contribution in [1.82, 2.24) is 19.9 Å². The maximum absolute atomic E-state index is 10.7. The van der Waals surface area contributed by atoms with Gasteiger partial charge in [-0.3, -0.25) is 4.98 Å². The molecule has 7 nitrogen and oxygen atoms in total. The highest BCUT2D eigenvalue weighted by Crippen LogP contribution is 2.26. The summed E-state index contributed by atoms with van der Waals surface area (Å²) in [5.74, 6) is 0.604. The van der Waals surface area contributed by atoms with Gasteiger partial charge in [-0.2, -0.15) is 0 Å². The summed E-state index contributed by atoms with van der Waals surface area (Å²) in [6.07, 6.45) is 4.94. The van der Waals surface area contributed by atoms with E-state index in [4.69, 9.17) is 0 Å². The van der Waals surface area contributed by atoms with Crippen molar-refractivity contribution in [2.24, 2.45) is 0 Å². The Hall–Kier alpha value is -3.61. The summed E-state index contributed by atoms with van der Waals surface area (Å²) in [6, 6.07) is 12.6. The van der Waals surface area contributed by atoms with Crippen LogP contribution >= 0.6 is 0 Å². The van der Waals surface area contributed by atoms with Gasteiger partial charge in [0.05, 0.1) is 11.0 Å². The number of hydrogen-bond acceptors (Lipinski definition) is 5. The third-order valence-corrected chi connectivity index (χ3v) is 3.70. The lowest BCUT2D eigenvalue weighted by Crippen LogP contribution is -1.91. The Balaban J connectivity index is 1.74. The Labute approximate surface area is 136 Å². The van der Waals surface area contributed by atoms with Crippen LogP contribution in [-0.2, 0) is 0 Å². The molecule has 0 atom stereocenters. The number of H-pyrrole nitrogens is 1. The molecular formula is C17H11N5O2. The average Bonchev–Trinajstić information content (AvgIpc) is 3.06. The summed E-state index contributed by atoms with van der Waals surface area (Å²) in [7, 11) is 0. The fourth-order valence-electron chi connectivity index (χ4n) is 2.50. The van der Waals surface area contributed by atoms with Crippen molar-refractivity contribution in [3.63, 3.8) is 0 Å². The van der Waals surface area contributed by atoms with Crippen LogP contribution in [0, 0.1) is 10.1 Å². The third kappa shape index (κ3) is 2.48. The van der Waals surface area contributed by atoms with Crippen LogP contribution < -0.4 is 0 Å². The number of benzene rings is 1. The van der Waals surface area contributed by atoms with Crippen LogP contribution in [0.4, 0.5) is 5.82 Å². The molecule has 3 heterocycles. The van der Waals surface area contributed by atoms with Crippen molar-refractivity contribution >= 4 is 16.9 Å². The minimum absolute atomic E-state index is 0.165. The summed E-state index contributed by atoms with van der Waals surface area (Å²) in [5.41, 5.74) is 4.41. The molecule has 0 aliphatic rings. The highest BCUT2D eigenvalue weighted by Gasteiger charge is 2.10. The summed E-state index contributed by atoms with van der Waals surface area (Å²) >= 11 is 0. The molecule has 0 saturated carbocycles. The van der Waals surface area contributed by atoms with Gasteiger partial charge in [-0.05, 0) is 45.8 Å². The molecule has 1 N–H and O–H groups in total. The lowest BCUT2D eigenvalue weighted by atomic mass is 10.1. The molecule has 7 heteroatoms. The van der Waals surface area contributed by atoms with E-state index in [2.05, 4.69) is 19.9 Å². The monoisotopic (exact) mass is 317 g/mol. The number of fused-ring (bicyclic) bond motifs is 1. The molecule has 1 aromatic carbocycles. The summed E-state index contributed by atoms with van der Waals surface area (Å²) < 4.78 is 0. The van der Waals surface area contributed by atoms with Gasteiger partial charge < -0.3 is 15.1 Å². The van der Waals surface area contributed by atoms with Gasteiger partial charge in [-0.25, -0.2) is 4.98 Å². The fraction of sp³-hybridized carbons (Fsp3) is 0. The van der Waals surface area contributed by atoms with Crippen molar-refractivity contribution < 1.29 is 4.92 Å². The van der Waals surface area contributed by atoms with Crippen molar-refractivity contribution in [3.8, 4) is 22.5 Å². The maximum Gasteiger partial charge on any atom is 0.363 e. The van der Waals surface area contributed by atoms with E-state index in [1.54, 1.807) is 18.5 Å². The minimum atomic E-state index is -0.511. The first kappa shape index (κ1) is 14.0. The van der Waals surface area contributed by atoms with E-state index in [1.807, 2.05) is 30.3 Å². The molecule has 0 saturated heterocycles. The van der Waals surface area contributed by atoms with Gasteiger partial charge in [0.1, 0.15) is 12.0 Å². The van der Waals surface area contributed by atoms with Crippen LogP contribution in [0.15, 0.2) is 61.1 Å². The van der Waals surface area contributed by atoms with E-state index in [9.17, 15) is 10.1 Å². The Morgan fingerprint density at radius 2 is 1.75 bits per heavy atom. The van der Waals surface area contributed by atoms with E-state index in [0.29, 0.717) is 0 Å². The zero-order valence-corrected chi connectivity index (χ0v) is 12.4. The van der Waals surface area contributed by atoms with Crippen LogP contribution in [0.25, 0.3) is 33.5 Å². The predicted octanol–water partition coefficient (Wildman–Crippen LogP) is 3.60. The van der Waals surface area contributed by atoms with Crippen molar-refractivity contribution in [3.05, 3.63) is 71.2 Å². The standard InChI is InChI=1S/C17H11N5O2/c23-22(24)16-4-2-13(10-19-16)12-1-3-14-15(9-12)21-17(20-14)11-5-7-18-8-6-11/h1-10H,(H,20,21). The van der Waals surface area contributed by atoms with Gasteiger partial charge in [0.25, 0.3) is 0 Å². The lowest BCUT2D eigenvalue weighted by Gasteiger charge is -1.99. The van der Waals surface area contributed by atoms with E-state index in [-0.39, 0.29) is 5.82 Å². The largest absolute Gasteiger partial charge is 0.363 e. The van der Waals surface area contributed by atoms with E-state index >= 15 is 0 Å². The van der Waals surface area contributed by atoms with Gasteiger partial charge in [0, 0.05) is 29.6 Å². The van der Waals surface area contributed by atoms with Crippen molar-refractivity contribution in [2.45, 2.75) is 0 Å². The molecule has 0 spiro atoms. The van der Waals surface area contributed by atoms with E-state index < -0.39 is 4.92 Å². The van der Waals surface area contributed by atoms with Gasteiger partial charge >= 0.3 is 5.82 Å². The zero-order valence-electron chi connectivity index (χ0n) is 12.4. The third-order valence-electron chi connectivity index (χ3n) is 3.70. The second-order valence-electron chi connectivity index (χ2n) is 5.22. The quantitative estimate of drug-likeness (QED) is 0.460. The molecule has 0 fully saturated rings. The number of aromatic amines is 1. The number of nitro groups is 1. The van der Waals surface area contributed by atoms with Crippen LogP contribution in [0.2, 0.25) is 0 Å². The Morgan fingerprint density at radius 1 is 0.958 bits per heavy atom. The molecule has 0 amide bonds. The zero-order chi connectivity index (χ0) is 16.5. The highest BCUT2D eigenvalue weighted by molar-refractivity contribution is 5.84. The molecule has 3 aromatic heterocycles. The first-order valence-electron chi connectivity index (χ1n) is 7.22. The molecule has 24 heavy (non-hydrogen) atoms. The van der Waals surface area contributed by atoms with Crippen molar-refractivity contribution in [2.75, 3.05) is 0 Å². The molecule has 0 aliphatic carbocycles. The molecule has 0 aliphatic heterocycles. The number of nitrogens with zero attached hydrogens (tertiary/aromatic N) is 4. The highest BCUT2D eigenvalue weighted by atomic mass is 16.6. The van der Waals surface area contributed by atoms with E-state index in [1.165, 1.54) is 12.3 Å². The number of imidazole rings is 1. The fourth-order valence-corrected chi connectivity index (χ4v) is 2.50. The summed E-state index contributed by atoms with van der Waals surface area (Å²) in [6.45, 7) is 0. The summed E-state index contributed by atoms with van der Waals surface area (Å²) in [4.78, 5) is 25.9. The topological polar surface area (TPSA) is 97.6 Å². The molecule has 0 bridgehead atoms. The molecule has 0 radical (unpaired) electrons. The first-order valence-corrected chi connectivity index (χ1v) is 7.22. The maximum atomic E-state index is 10.7. The lowest BCUT2D eigenvalue weighted by molar-refractivity contribution is -0.389. The van der Waals surface area contributed by atoms with Gasteiger partial charge in [-0.1, -0.05) is 6.07 Å². The first-order chi connectivity index (χ1) is 11.7. The Bertz CT molecular complexity index is 1030. The molecule has 4 aromatic rings. The predicted molar refractivity (Wildman–Crippen MR) is 89.2 cm³/mol. The van der Waals surface area contributed by atoms with Gasteiger partial charge in [0.2, 0.25) is 0 Å². The Kier molecular flexibility index (Phi) is 3.24. The van der Waals surface area contributed by atoms with Crippen LogP contribution in [0.5, 0.6) is 0 Å². The molecule has 4 rings (SSSR count). The number of hydrogen-bond donors (Lipinski definition) is 1. The smallest absolute Gasteiger partial charge is 0.358 e. The number of rotatable bonds is 3. The van der Waals surface area contributed by atoms with Crippen LogP contribution in [-0.4, -0.2) is 24.9 Å². The number of pyridine rings is 2.